The van der Waals surface area contributed by atoms with Crippen molar-refractivity contribution in [2.75, 3.05) is 18.8 Å². The smallest absolute Gasteiger partial charge is 0.0276 e. The molecule has 0 saturated heterocycles. The van der Waals surface area contributed by atoms with E-state index in [2.05, 4.69) is 24.6 Å². The summed E-state index contributed by atoms with van der Waals surface area (Å²) in [5, 5.41) is 0. The highest BCUT2D eigenvalue weighted by Crippen LogP contribution is 2.10. The molecule has 0 aliphatic carbocycles. The standard InChI is InChI=1S/C4H11S2/c1-5(2)6(3)4/h1H2,2-4H3/q+1. The van der Waals surface area contributed by atoms with Gasteiger partial charge in [0, 0.05) is 25.7 Å². The quantitative estimate of drug-likeness (QED) is 0.278. The van der Waals surface area contributed by atoms with Crippen LogP contribution >= 0.6 is 9.52 Å². The summed E-state index contributed by atoms with van der Waals surface area (Å²) in [6.45, 7) is 0. The van der Waals surface area contributed by atoms with E-state index in [4.69, 9.17) is 0 Å². The molecule has 0 N–H and O–H groups in total. The zero-order valence-electron chi connectivity index (χ0n) is 4.52. The van der Waals surface area contributed by atoms with Crippen LogP contribution in [0.2, 0.25) is 0 Å². The minimum atomic E-state index is 0.410. The monoisotopic (exact) mass is 123 g/mol. The lowest BCUT2D eigenvalue weighted by molar-refractivity contribution is 2.33. The van der Waals surface area contributed by atoms with Crippen molar-refractivity contribution >= 4 is 25.3 Å². The van der Waals surface area contributed by atoms with Crippen LogP contribution in [0, 0.1) is 0 Å². The molecule has 0 rings (SSSR count). The van der Waals surface area contributed by atoms with Gasteiger partial charge in [-0.1, -0.05) is 0 Å². The van der Waals surface area contributed by atoms with Crippen molar-refractivity contribution in [2.24, 2.45) is 0 Å². The fourth-order valence-electron chi connectivity index (χ4n) is 0. The van der Waals surface area contributed by atoms with Gasteiger partial charge in [-0.25, -0.2) is 0 Å². The van der Waals surface area contributed by atoms with E-state index in [0.29, 0.717) is 19.4 Å². The van der Waals surface area contributed by atoms with Crippen LogP contribution in [0.1, 0.15) is 0 Å². The number of hydrogen-bond donors (Lipinski definition) is 0. The summed E-state index contributed by atoms with van der Waals surface area (Å²) in [6.07, 6.45) is 6.61. The fourth-order valence-corrected chi connectivity index (χ4v) is 0. The summed E-state index contributed by atoms with van der Waals surface area (Å²) in [5.74, 6) is 3.88. The van der Waals surface area contributed by atoms with Gasteiger partial charge in [0.1, 0.15) is 12.5 Å². The molecule has 1 unspecified atom stereocenters. The predicted octanol–water partition coefficient (Wildman–Crippen LogP) is 1.11. The van der Waals surface area contributed by atoms with Gasteiger partial charge in [0.25, 0.3) is 0 Å². The molecule has 1 atom stereocenters. The van der Waals surface area contributed by atoms with Crippen LogP contribution in [0.25, 0.3) is 0 Å². The average molecular weight is 123 g/mol. The maximum Gasteiger partial charge on any atom is 0.109 e. The van der Waals surface area contributed by atoms with Gasteiger partial charge in [-0.15, -0.1) is 0 Å². The number of hydrogen-bond acceptors (Lipinski definition) is 0. The van der Waals surface area contributed by atoms with Crippen LogP contribution in [0.5, 0.6) is 0 Å². The SMILES string of the molecule is C=S(C)[S+](C)C. The molecule has 38 valence electrons. The van der Waals surface area contributed by atoms with Gasteiger partial charge in [-0.05, 0) is 5.87 Å². The highest BCUT2D eigenvalue weighted by atomic mass is 33.2. The Morgan fingerprint density at radius 3 is 1.67 bits per heavy atom. The molecule has 0 spiro atoms. The molecule has 0 aliphatic heterocycles. The average Bonchev–Trinajstić information content (AvgIpc) is 1.36. The third kappa shape index (κ3) is 2.79. The van der Waals surface area contributed by atoms with Crippen LogP contribution in [0.15, 0.2) is 0 Å². The van der Waals surface area contributed by atoms with Gasteiger partial charge in [0.05, 0.1) is 0 Å². The lowest BCUT2D eigenvalue weighted by Gasteiger charge is -1.88. The van der Waals surface area contributed by atoms with E-state index in [-0.39, 0.29) is 0 Å². The summed E-state index contributed by atoms with van der Waals surface area (Å²) >= 11 is 0. The topological polar surface area (TPSA) is 0 Å². The van der Waals surface area contributed by atoms with Gasteiger partial charge < -0.3 is 0 Å². The second kappa shape index (κ2) is 2.69. The summed E-state index contributed by atoms with van der Waals surface area (Å²) in [5.41, 5.74) is 0. The summed E-state index contributed by atoms with van der Waals surface area (Å²) in [4.78, 5) is 0. The molecule has 0 saturated carbocycles. The molecule has 0 fully saturated rings. The first-order chi connectivity index (χ1) is 2.64. The van der Waals surface area contributed by atoms with Crippen LogP contribution < -0.4 is 0 Å². The molecule has 0 aromatic heterocycles. The van der Waals surface area contributed by atoms with E-state index in [1.54, 1.807) is 0 Å². The largest absolute Gasteiger partial charge is 0.109 e. The molecule has 0 bridgehead atoms. The zero-order valence-corrected chi connectivity index (χ0v) is 6.16. The first kappa shape index (κ1) is 6.57. The van der Waals surface area contributed by atoms with E-state index in [1.165, 1.54) is 0 Å². The number of rotatable bonds is 1. The lowest BCUT2D eigenvalue weighted by atomic mass is 11.9. The molecule has 0 heterocycles. The molecule has 0 nitrogen and oxygen atoms in total. The normalized spacial score (nSPS) is 15.3. The molecule has 0 radical (unpaired) electrons. The minimum absolute atomic E-state index is 0.410. The maximum atomic E-state index is 3.88. The van der Waals surface area contributed by atoms with E-state index >= 15 is 0 Å². The van der Waals surface area contributed by atoms with Crippen LogP contribution in [0.4, 0.5) is 0 Å². The molecule has 0 aromatic rings. The maximum absolute atomic E-state index is 3.88. The second-order valence-electron chi connectivity index (χ2n) is 1.31. The van der Waals surface area contributed by atoms with Gasteiger partial charge in [0.15, 0.2) is 0 Å². The lowest BCUT2D eigenvalue weighted by Crippen LogP contribution is -1.85. The van der Waals surface area contributed by atoms with Crippen molar-refractivity contribution in [3.05, 3.63) is 0 Å². The van der Waals surface area contributed by atoms with Crippen molar-refractivity contribution in [1.29, 1.82) is 0 Å². The second-order valence-corrected chi connectivity index (χ2v) is 7.65. The van der Waals surface area contributed by atoms with Crippen LogP contribution in [-0.4, -0.2) is 24.6 Å². The Morgan fingerprint density at radius 2 is 1.67 bits per heavy atom. The Bertz CT molecular complexity index is 56.6. The van der Waals surface area contributed by atoms with E-state index in [0.717, 1.165) is 0 Å². The van der Waals surface area contributed by atoms with Crippen molar-refractivity contribution < 1.29 is 0 Å². The Labute approximate surface area is 44.6 Å². The highest BCUT2D eigenvalue weighted by Gasteiger charge is 1.96. The minimum Gasteiger partial charge on any atom is -0.0276 e. The zero-order chi connectivity index (χ0) is 5.15. The van der Waals surface area contributed by atoms with E-state index in [1.807, 2.05) is 0 Å². The third-order valence-corrected chi connectivity index (χ3v) is 5.12. The van der Waals surface area contributed by atoms with Crippen LogP contribution in [0.3, 0.4) is 0 Å². The van der Waals surface area contributed by atoms with E-state index in [9.17, 15) is 0 Å². The Morgan fingerprint density at radius 1 is 1.50 bits per heavy atom. The van der Waals surface area contributed by atoms with Gasteiger partial charge in [0.2, 0.25) is 0 Å². The van der Waals surface area contributed by atoms with Crippen molar-refractivity contribution in [3.63, 3.8) is 0 Å². The fraction of sp³-hybridized carbons (Fsp3) is 0.750. The molecule has 2 heteroatoms. The Kier molecular flexibility index (Phi) is 2.95. The third-order valence-electron chi connectivity index (χ3n) is 0.569. The molecule has 0 amide bonds. The molecular weight excluding hydrogens is 112 g/mol. The first-order valence-corrected chi connectivity index (χ1v) is 6.04. The predicted molar refractivity (Wildman–Crippen MR) is 39.8 cm³/mol. The molecule has 6 heavy (non-hydrogen) atoms. The summed E-state index contributed by atoms with van der Waals surface area (Å²) in [6, 6.07) is 0. The molecule has 0 aromatic carbocycles. The molecular formula is C4H11S2+. The van der Waals surface area contributed by atoms with Gasteiger partial charge in [-0.2, -0.15) is 0 Å². The van der Waals surface area contributed by atoms with Crippen molar-refractivity contribution in [3.8, 4) is 0 Å². The molecule has 0 aliphatic rings. The highest BCUT2D eigenvalue weighted by molar-refractivity contribution is 8.80. The first-order valence-electron chi connectivity index (χ1n) is 1.68. The van der Waals surface area contributed by atoms with E-state index < -0.39 is 0 Å². The Hall–Kier alpha value is 0.570. The summed E-state index contributed by atoms with van der Waals surface area (Å²) in [7, 11) is 0.960. The van der Waals surface area contributed by atoms with Crippen molar-refractivity contribution in [2.45, 2.75) is 0 Å². The van der Waals surface area contributed by atoms with Crippen LogP contribution in [-0.2, 0) is 9.93 Å². The van der Waals surface area contributed by atoms with Gasteiger partial charge >= 0.3 is 0 Å². The Balaban J connectivity index is 3.26. The van der Waals surface area contributed by atoms with Crippen molar-refractivity contribution in [1.82, 2.24) is 0 Å². The van der Waals surface area contributed by atoms with Gasteiger partial charge in [-0.3, -0.25) is 0 Å². The summed E-state index contributed by atoms with van der Waals surface area (Å²) < 4.78 is 0.